The summed E-state index contributed by atoms with van der Waals surface area (Å²) >= 11 is 5.52. The number of nitrogens with two attached hydrogens (primary N) is 1. The third-order valence-electron chi connectivity index (χ3n) is 2.04. The first kappa shape index (κ1) is 10.6. The van der Waals surface area contributed by atoms with E-state index in [-0.39, 0.29) is 22.0 Å². The molecule has 0 amide bonds. The van der Waals surface area contributed by atoms with Crippen molar-refractivity contribution in [3.63, 3.8) is 0 Å². The third kappa shape index (κ3) is 1.43. The summed E-state index contributed by atoms with van der Waals surface area (Å²) in [7, 11) is 0. The Labute approximate surface area is 93.9 Å². The van der Waals surface area contributed by atoms with Crippen molar-refractivity contribution < 1.29 is 19.1 Å². The van der Waals surface area contributed by atoms with Crippen molar-refractivity contribution in [1.82, 2.24) is 5.16 Å². The van der Waals surface area contributed by atoms with Gasteiger partial charge in [0.05, 0.1) is 22.3 Å². The highest BCUT2D eigenvalue weighted by molar-refractivity contribution is 6.31. The molecule has 0 unspecified atom stereocenters. The van der Waals surface area contributed by atoms with E-state index in [1.54, 1.807) is 0 Å². The summed E-state index contributed by atoms with van der Waals surface area (Å²) in [6.45, 7) is 0. The number of aromatic nitrogens is 1. The van der Waals surface area contributed by atoms with Crippen LogP contribution in [0.4, 0.5) is 10.3 Å². The zero-order valence-corrected chi connectivity index (χ0v) is 8.49. The van der Waals surface area contributed by atoms with Gasteiger partial charge in [-0.25, -0.2) is 4.39 Å². The number of benzene rings is 1. The Morgan fingerprint density at radius 1 is 1.44 bits per heavy atom. The Balaban J connectivity index is 2.79. The van der Waals surface area contributed by atoms with Gasteiger partial charge in [-0.2, -0.15) is 0 Å². The van der Waals surface area contributed by atoms with Crippen LogP contribution in [0, 0.1) is 5.82 Å². The number of halogens is 2. The van der Waals surface area contributed by atoms with Crippen molar-refractivity contribution in [2.75, 3.05) is 5.73 Å². The molecule has 5 nitrogen and oxygen atoms in total. The van der Waals surface area contributed by atoms with Gasteiger partial charge < -0.3 is 20.5 Å². The molecule has 0 fully saturated rings. The number of anilines is 1. The van der Waals surface area contributed by atoms with Crippen LogP contribution in [0.15, 0.2) is 16.8 Å². The average molecular weight is 245 g/mol. The maximum atomic E-state index is 13.7. The molecule has 84 valence electrons. The molecule has 0 atom stereocenters. The van der Waals surface area contributed by atoms with Crippen LogP contribution in [0.5, 0.6) is 11.5 Å². The van der Waals surface area contributed by atoms with Gasteiger partial charge in [0.15, 0.2) is 17.3 Å². The van der Waals surface area contributed by atoms with E-state index in [4.69, 9.17) is 17.3 Å². The predicted molar refractivity (Wildman–Crippen MR) is 54.6 cm³/mol. The van der Waals surface area contributed by atoms with Crippen molar-refractivity contribution >= 4 is 17.5 Å². The molecule has 0 radical (unpaired) electrons. The second-order valence-corrected chi connectivity index (χ2v) is 3.43. The summed E-state index contributed by atoms with van der Waals surface area (Å²) in [6.07, 6.45) is 1.11. The molecule has 0 saturated heterocycles. The van der Waals surface area contributed by atoms with E-state index in [1.165, 1.54) is 0 Å². The number of nitrogens with zero attached hydrogens (tertiary/aromatic N) is 1. The van der Waals surface area contributed by atoms with Gasteiger partial charge in [0.25, 0.3) is 0 Å². The van der Waals surface area contributed by atoms with Gasteiger partial charge in [0, 0.05) is 6.07 Å². The normalized spacial score (nSPS) is 10.6. The maximum absolute atomic E-state index is 13.7. The topological polar surface area (TPSA) is 92.5 Å². The summed E-state index contributed by atoms with van der Waals surface area (Å²) in [5, 5.41) is 21.8. The Hall–Kier alpha value is -1.95. The van der Waals surface area contributed by atoms with Crippen LogP contribution in [0.2, 0.25) is 5.02 Å². The first-order valence-electron chi connectivity index (χ1n) is 4.12. The molecular formula is C9H6ClFN2O3. The second kappa shape index (κ2) is 3.57. The quantitative estimate of drug-likeness (QED) is 0.668. The minimum atomic E-state index is -0.910. The lowest BCUT2D eigenvalue weighted by Crippen LogP contribution is -1.90. The average Bonchev–Trinajstić information content (AvgIpc) is 2.63. The van der Waals surface area contributed by atoms with Gasteiger partial charge in [-0.3, -0.25) is 0 Å². The van der Waals surface area contributed by atoms with Gasteiger partial charge >= 0.3 is 0 Å². The fourth-order valence-corrected chi connectivity index (χ4v) is 1.48. The van der Waals surface area contributed by atoms with E-state index < -0.39 is 17.3 Å². The Morgan fingerprint density at radius 2 is 2.12 bits per heavy atom. The number of nitrogen functional groups attached to an aromatic ring is 1. The molecule has 0 bridgehead atoms. The Morgan fingerprint density at radius 3 is 2.69 bits per heavy atom. The first-order valence-corrected chi connectivity index (χ1v) is 4.50. The number of hydrogen-bond acceptors (Lipinski definition) is 5. The highest BCUT2D eigenvalue weighted by Gasteiger charge is 2.22. The summed E-state index contributed by atoms with van der Waals surface area (Å²) in [6, 6.07) is 0.888. The summed E-state index contributed by atoms with van der Waals surface area (Å²) < 4.78 is 18.2. The van der Waals surface area contributed by atoms with Crippen LogP contribution in [0.1, 0.15) is 0 Å². The van der Waals surface area contributed by atoms with Gasteiger partial charge in [0.2, 0.25) is 5.88 Å². The lowest BCUT2D eigenvalue weighted by Gasteiger charge is -2.07. The molecular weight excluding hydrogens is 239 g/mol. The fourth-order valence-electron chi connectivity index (χ4n) is 1.29. The zero-order chi connectivity index (χ0) is 11.9. The highest BCUT2D eigenvalue weighted by atomic mass is 35.5. The molecule has 16 heavy (non-hydrogen) atoms. The minimum Gasteiger partial charge on any atom is -0.504 e. The second-order valence-electron chi connectivity index (χ2n) is 3.02. The van der Waals surface area contributed by atoms with E-state index >= 15 is 0 Å². The van der Waals surface area contributed by atoms with Crippen molar-refractivity contribution in [2.24, 2.45) is 0 Å². The summed E-state index contributed by atoms with van der Waals surface area (Å²) in [5.74, 6) is -2.32. The van der Waals surface area contributed by atoms with Crippen LogP contribution in [-0.4, -0.2) is 15.4 Å². The van der Waals surface area contributed by atoms with Gasteiger partial charge in [0.1, 0.15) is 0 Å². The number of phenols is 2. The van der Waals surface area contributed by atoms with Crippen molar-refractivity contribution in [3.8, 4) is 22.6 Å². The van der Waals surface area contributed by atoms with Crippen LogP contribution >= 0.6 is 11.6 Å². The van der Waals surface area contributed by atoms with Gasteiger partial charge in [-0.05, 0) is 0 Å². The summed E-state index contributed by atoms with van der Waals surface area (Å²) in [5.41, 5.74) is 5.06. The largest absolute Gasteiger partial charge is 0.504 e. The molecule has 0 aliphatic carbocycles. The maximum Gasteiger partial charge on any atom is 0.230 e. The molecule has 1 aromatic heterocycles. The molecule has 7 heteroatoms. The van der Waals surface area contributed by atoms with Gasteiger partial charge in [-0.1, -0.05) is 16.8 Å². The molecule has 0 spiro atoms. The van der Waals surface area contributed by atoms with Crippen LogP contribution in [-0.2, 0) is 0 Å². The molecule has 0 saturated carbocycles. The number of phenolic OH excluding ortho intramolecular Hbond substituents is 2. The SMILES string of the molecule is Nc1oncc1-c1c(O)c(O)cc(Cl)c1F. The summed E-state index contributed by atoms with van der Waals surface area (Å²) in [4.78, 5) is 0. The van der Waals surface area contributed by atoms with Gasteiger partial charge in [-0.15, -0.1) is 0 Å². The first-order chi connectivity index (χ1) is 7.52. The zero-order valence-electron chi connectivity index (χ0n) is 7.74. The Kier molecular flexibility index (Phi) is 2.35. The smallest absolute Gasteiger partial charge is 0.230 e. The fraction of sp³-hybridized carbons (Fsp3) is 0. The lowest BCUT2D eigenvalue weighted by molar-refractivity contribution is 0.401. The van der Waals surface area contributed by atoms with Crippen molar-refractivity contribution in [3.05, 3.63) is 23.1 Å². The minimum absolute atomic E-state index is 0.0211. The highest BCUT2D eigenvalue weighted by Crippen LogP contribution is 2.43. The standard InChI is InChI=1S/C9H6ClFN2O3/c10-4-1-5(14)8(15)6(7(4)11)3-2-13-16-9(3)12/h1-2,14-15H,12H2. The third-order valence-corrected chi connectivity index (χ3v) is 2.31. The molecule has 4 N–H and O–H groups in total. The Bertz CT molecular complexity index is 530. The molecule has 0 aliphatic heterocycles. The molecule has 2 rings (SSSR count). The molecule has 1 heterocycles. The predicted octanol–water partition coefficient (Wildman–Crippen LogP) is 2.13. The number of rotatable bonds is 1. The van der Waals surface area contributed by atoms with Crippen molar-refractivity contribution in [1.29, 1.82) is 0 Å². The lowest BCUT2D eigenvalue weighted by atomic mass is 10.1. The van der Waals surface area contributed by atoms with Crippen LogP contribution < -0.4 is 5.73 Å². The number of aromatic hydroxyl groups is 2. The van der Waals surface area contributed by atoms with Crippen LogP contribution in [0.3, 0.4) is 0 Å². The van der Waals surface area contributed by atoms with E-state index in [0.29, 0.717) is 0 Å². The van der Waals surface area contributed by atoms with E-state index in [9.17, 15) is 14.6 Å². The van der Waals surface area contributed by atoms with Crippen LogP contribution in [0.25, 0.3) is 11.1 Å². The number of hydrogen-bond donors (Lipinski definition) is 3. The van der Waals surface area contributed by atoms with Crippen molar-refractivity contribution in [2.45, 2.75) is 0 Å². The van der Waals surface area contributed by atoms with E-state index in [0.717, 1.165) is 12.3 Å². The molecule has 0 aliphatic rings. The van der Waals surface area contributed by atoms with E-state index in [1.807, 2.05) is 0 Å². The molecule has 2 aromatic rings. The monoisotopic (exact) mass is 244 g/mol. The molecule has 1 aromatic carbocycles. The van der Waals surface area contributed by atoms with E-state index in [2.05, 4.69) is 9.68 Å².